The van der Waals surface area contributed by atoms with E-state index in [2.05, 4.69) is 0 Å². The van der Waals surface area contributed by atoms with Crippen molar-refractivity contribution in [3.8, 4) is 0 Å². The normalized spacial score (nSPS) is 42.4. The van der Waals surface area contributed by atoms with Crippen LogP contribution in [0.5, 0.6) is 0 Å². The van der Waals surface area contributed by atoms with Gasteiger partial charge < -0.3 is 25.8 Å². The number of thioether (sulfide) groups is 1. The van der Waals surface area contributed by atoms with Crippen molar-refractivity contribution in [2.75, 3.05) is 6.26 Å². The molecule has 0 aromatic heterocycles. The highest BCUT2D eigenvalue weighted by Crippen LogP contribution is 2.29. The highest BCUT2D eigenvalue weighted by Gasteiger charge is 2.45. The maximum Gasteiger partial charge on any atom is 0.132 e. The average molecular weight is 251 g/mol. The van der Waals surface area contributed by atoms with Gasteiger partial charge in [0.05, 0.1) is 0 Å². The number of hydrogen-bond donors (Lipinski definition) is 4. The smallest absolute Gasteiger partial charge is 0.132 e. The van der Waals surface area contributed by atoms with Crippen LogP contribution < -0.4 is 5.73 Å². The minimum absolute atomic E-state index is 0.129. The standard InChI is InChI=1S/C10H21NO4S/c1-4(2)5(11)9-7(13)6(12)8(14)10(15-9)16-3/h4-10,12-14H,11H2,1-3H3/t5-,6?,7?,8-,9-,10?/m1/s1. The lowest BCUT2D eigenvalue weighted by Crippen LogP contribution is -2.62. The van der Waals surface area contributed by atoms with Gasteiger partial charge in [0.2, 0.25) is 0 Å². The first-order valence-electron chi connectivity index (χ1n) is 5.38. The van der Waals surface area contributed by atoms with Crippen molar-refractivity contribution in [1.82, 2.24) is 0 Å². The molecule has 96 valence electrons. The molecular weight excluding hydrogens is 230 g/mol. The van der Waals surface area contributed by atoms with Crippen LogP contribution in [0.15, 0.2) is 0 Å². The summed E-state index contributed by atoms with van der Waals surface area (Å²) >= 11 is 1.29. The second-order valence-electron chi connectivity index (χ2n) is 4.50. The van der Waals surface area contributed by atoms with E-state index in [1.54, 1.807) is 6.26 Å². The second kappa shape index (κ2) is 5.66. The molecule has 6 heteroatoms. The van der Waals surface area contributed by atoms with Crippen LogP contribution in [0.25, 0.3) is 0 Å². The molecule has 0 amide bonds. The van der Waals surface area contributed by atoms with Crippen LogP contribution in [0.2, 0.25) is 0 Å². The summed E-state index contributed by atoms with van der Waals surface area (Å²) in [5, 5.41) is 29.2. The van der Waals surface area contributed by atoms with Gasteiger partial charge in [0.25, 0.3) is 0 Å². The largest absolute Gasteiger partial charge is 0.388 e. The lowest BCUT2D eigenvalue weighted by molar-refractivity contribution is -0.205. The fourth-order valence-corrected chi connectivity index (χ4v) is 2.45. The number of nitrogens with two attached hydrogens (primary N) is 1. The Bertz CT molecular complexity index is 227. The number of aliphatic hydroxyl groups excluding tert-OH is 3. The Morgan fingerprint density at radius 2 is 1.69 bits per heavy atom. The van der Waals surface area contributed by atoms with Gasteiger partial charge in [-0.15, -0.1) is 11.8 Å². The Morgan fingerprint density at radius 1 is 1.12 bits per heavy atom. The van der Waals surface area contributed by atoms with Crippen LogP contribution in [0.4, 0.5) is 0 Å². The Labute approximate surface area is 100.0 Å². The molecule has 1 aliphatic heterocycles. The zero-order chi connectivity index (χ0) is 12.5. The summed E-state index contributed by atoms with van der Waals surface area (Å²) < 4.78 is 5.53. The first-order valence-corrected chi connectivity index (χ1v) is 6.67. The molecule has 1 aliphatic rings. The van der Waals surface area contributed by atoms with Gasteiger partial charge in [-0.05, 0) is 12.2 Å². The summed E-state index contributed by atoms with van der Waals surface area (Å²) in [5.41, 5.74) is 5.37. The van der Waals surface area contributed by atoms with Crippen LogP contribution >= 0.6 is 11.8 Å². The van der Waals surface area contributed by atoms with Gasteiger partial charge in [-0.3, -0.25) is 0 Å². The molecule has 0 spiro atoms. The molecule has 1 heterocycles. The van der Waals surface area contributed by atoms with E-state index in [4.69, 9.17) is 10.5 Å². The summed E-state index contributed by atoms with van der Waals surface area (Å²) in [7, 11) is 0. The third-order valence-corrected chi connectivity index (χ3v) is 3.84. The molecule has 0 aromatic carbocycles. The van der Waals surface area contributed by atoms with E-state index in [1.165, 1.54) is 11.8 Å². The molecule has 0 aliphatic carbocycles. The van der Waals surface area contributed by atoms with Gasteiger partial charge in [0.1, 0.15) is 29.9 Å². The average Bonchev–Trinajstić information content (AvgIpc) is 2.25. The monoisotopic (exact) mass is 251 g/mol. The minimum atomic E-state index is -1.21. The summed E-state index contributed by atoms with van der Waals surface area (Å²) in [6.45, 7) is 3.85. The van der Waals surface area contributed by atoms with Crippen LogP contribution in [0, 0.1) is 5.92 Å². The van der Waals surface area contributed by atoms with Gasteiger partial charge in [-0.25, -0.2) is 0 Å². The van der Waals surface area contributed by atoms with E-state index in [9.17, 15) is 15.3 Å². The van der Waals surface area contributed by atoms with E-state index in [-0.39, 0.29) is 12.0 Å². The van der Waals surface area contributed by atoms with Crippen molar-refractivity contribution < 1.29 is 20.1 Å². The Morgan fingerprint density at radius 3 is 2.12 bits per heavy atom. The molecule has 0 bridgehead atoms. The molecule has 3 unspecified atom stereocenters. The van der Waals surface area contributed by atoms with Crippen LogP contribution in [-0.2, 0) is 4.74 Å². The third-order valence-electron chi connectivity index (χ3n) is 2.99. The van der Waals surface area contributed by atoms with E-state index in [1.807, 2.05) is 13.8 Å². The van der Waals surface area contributed by atoms with Crippen molar-refractivity contribution in [2.24, 2.45) is 11.7 Å². The predicted octanol–water partition coefficient (Wildman–Crippen LogP) is -0.860. The Hall–Kier alpha value is 0.150. The quantitative estimate of drug-likeness (QED) is 0.521. The van der Waals surface area contributed by atoms with Crippen molar-refractivity contribution in [1.29, 1.82) is 0 Å². The van der Waals surface area contributed by atoms with Crippen LogP contribution in [0.3, 0.4) is 0 Å². The molecule has 1 rings (SSSR count). The fraction of sp³-hybridized carbons (Fsp3) is 1.00. The molecule has 0 aromatic rings. The van der Waals surface area contributed by atoms with Crippen molar-refractivity contribution >= 4 is 11.8 Å². The van der Waals surface area contributed by atoms with Crippen molar-refractivity contribution in [3.05, 3.63) is 0 Å². The lowest BCUT2D eigenvalue weighted by Gasteiger charge is -2.43. The number of ether oxygens (including phenoxy) is 1. The molecule has 16 heavy (non-hydrogen) atoms. The van der Waals surface area contributed by atoms with Gasteiger partial charge in [0.15, 0.2) is 0 Å². The zero-order valence-electron chi connectivity index (χ0n) is 9.78. The van der Waals surface area contributed by atoms with E-state index >= 15 is 0 Å². The molecule has 0 radical (unpaired) electrons. The van der Waals surface area contributed by atoms with Crippen molar-refractivity contribution in [2.45, 2.75) is 49.7 Å². The molecule has 5 nitrogen and oxygen atoms in total. The van der Waals surface area contributed by atoms with E-state index in [0.29, 0.717) is 0 Å². The Kier molecular flexibility index (Phi) is 5.03. The first kappa shape index (κ1) is 14.2. The molecule has 5 N–H and O–H groups in total. The number of hydrogen-bond acceptors (Lipinski definition) is 6. The summed E-state index contributed by atoms with van der Waals surface area (Å²) in [5.74, 6) is 0.129. The summed E-state index contributed by atoms with van der Waals surface area (Å²) in [6, 6.07) is -0.369. The number of aliphatic hydroxyl groups is 3. The minimum Gasteiger partial charge on any atom is -0.388 e. The van der Waals surface area contributed by atoms with Gasteiger partial charge in [-0.1, -0.05) is 13.8 Å². The van der Waals surface area contributed by atoms with Gasteiger partial charge in [-0.2, -0.15) is 0 Å². The fourth-order valence-electron chi connectivity index (χ4n) is 1.77. The van der Waals surface area contributed by atoms with Gasteiger partial charge >= 0.3 is 0 Å². The van der Waals surface area contributed by atoms with Crippen LogP contribution in [-0.4, -0.2) is 57.5 Å². The third kappa shape index (κ3) is 2.69. The topological polar surface area (TPSA) is 95.9 Å². The lowest BCUT2D eigenvalue weighted by atomic mass is 9.90. The SMILES string of the molecule is CSC1O[C@H]([C@H](N)C(C)C)C(O)C(O)[C@H]1O. The second-order valence-corrected chi connectivity index (χ2v) is 5.43. The van der Waals surface area contributed by atoms with E-state index < -0.39 is 29.9 Å². The Balaban J connectivity index is 2.78. The van der Waals surface area contributed by atoms with E-state index in [0.717, 1.165) is 0 Å². The van der Waals surface area contributed by atoms with Crippen LogP contribution in [0.1, 0.15) is 13.8 Å². The first-order chi connectivity index (χ1) is 7.40. The molecule has 1 saturated heterocycles. The number of rotatable bonds is 3. The highest BCUT2D eigenvalue weighted by molar-refractivity contribution is 7.99. The summed E-state index contributed by atoms with van der Waals surface area (Å²) in [6.07, 6.45) is -2.30. The maximum absolute atomic E-state index is 9.82. The van der Waals surface area contributed by atoms with Gasteiger partial charge in [0, 0.05) is 6.04 Å². The molecular formula is C10H21NO4S. The highest BCUT2D eigenvalue weighted by atomic mass is 32.2. The zero-order valence-corrected chi connectivity index (χ0v) is 10.6. The molecule has 1 fully saturated rings. The maximum atomic E-state index is 9.82. The molecule has 6 atom stereocenters. The van der Waals surface area contributed by atoms with Crippen molar-refractivity contribution in [3.63, 3.8) is 0 Å². The predicted molar refractivity (Wildman–Crippen MR) is 63.0 cm³/mol. The summed E-state index contributed by atoms with van der Waals surface area (Å²) in [4.78, 5) is 0. The molecule has 0 saturated carbocycles.